The fourth-order valence-electron chi connectivity index (χ4n) is 1.44. The van der Waals surface area contributed by atoms with E-state index in [1.165, 1.54) is 0 Å². The first-order chi connectivity index (χ1) is 8.29. The van der Waals surface area contributed by atoms with Crippen LogP contribution in [0.2, 0.25) is 0 Å². The lowest BCUT2D eigenvalue weighted by molar-refractivity contribution is 0.299. The van der Waals surface area contributed by atoms with E-state index in [-0.39, 0.29) is 0 Å². The maximum atomic E-state index is 5.61. The Bertz CT molecular complexity index is 482. The van der Waals surface area contributed by atoms with Gasteiger partial charge < -0.3 is 10.5 Å². The van der Waals surface area contributed by atoms with Crippen molar-refractivity contribution in [2.45, 2.75) is 20.1 Å². The molecule has 2 N–H and O–H groups in total. The Morgan fingerprint density at radius 3 is 2.76 bits per heavy atom. The molecule has 0 saturated heterocycles. The second-order valence-corrected chi connectivity index (χ2v) is 3.75. The van der Waals surface area contributed by atoms with Crippen LogP contribution in [0.25, 0.3) is 0 Å². The molecular weight excluding hydrogens is 214 g/mol. The Labute approximate surface area is 100 Å². The van der Waals surface area contributed by atoms with Crippen LogP contribution < -0.4 is 10.5 Å². The average molecular weight is 229 g/mol. The molecule has 0 amide bonds. The molecule has 4 heteroatoms. The fourth-order valence-corrected chi connectivity index (χ4v) is 1.44. The van der Waals surface area contributed by atoms with Gasteiger partial charge in [-0.2, -0.15) is 0 Å². The van der Waals surface area contributed by atoms with Gasteiger partial charge in [0.25, 0.3) is 0 Å². The topological polar surface area (TPSA) is 61.0 Å². The lowest BCUT2D eigenvalue weighted by Crippen LogP contribution is -2.02. The van der Waals surface area contributed by atoms with E-state index in [2.05, 4.69) is 9.97 Å². The molecule has 2 aromatic heterocycles. The van der Waals surface area contributed by atoms with E-state index in [0.717, 1.165) is 22.7 Å². The smallest absolute Gasteiger partial charge is 0.138 e. The van der Waals surface area contributed by atoms with Gasteiger partial charge in [0.2, 0.25) is 0 Å². The van der Waals surface area contributed by atoms with Gasteiger partial charge in [-0.3, -0.25) is 9.97 Å². The van der Waals surface area contributed by atoms with E-state index in [9.17, 15) is 0 Å². The first-order valence-electron chi connectivity index (χ1n) is 5.48. The highest BCUT2D eigenvalue weighted by Crippen LogP contribution is 2.12. The molecule has 0 saturated carbocycles. The first-order valence-corrected chi connectivity index (χ1v) is 5.48. The van der Waals surface area contributed by atoms with Crippen LogP contribution >= 0.6 is 0 Å². The Morgan fingerprint density at radius 1 is 1.24 bits per heavy atom. The van der Waals surface area contributed by atoms with Gasteiger partial charge in [0.1, 0.15) is 12.4 Å². The van der Waals surface area contributed by atoms with Gasteiger partial charge >= 0.3 is 0 Å². The molecule has 17 heavy (non-hydrogen) atoms. The van der Waals surface area contributed by atoms with Gasteiger partial charge in [0, 0.05) is 12.7 Å². The van der Waals surface area contributed by atoms with Crippen LogP contribution in [0.5, 0.6) is 5.75 Å². The summed E-state index contributed by atoms with van der Waals surface area (Å²) in [5, 5.41) is 0. The monoisotopic (exact) mass is 229 g/mol. The van der Waals surface area contributed by atoms with Crippen molar-refractivity contribution >= 4 is 0 Å². The van der Waals surface area contributed by atoms with Gasteiger partial charge in [0.05, 0.1) is 17.6 Å². The maximum absolute atomic E-state index is 5.61. The third-order valence-electron chi connectivity index (χ3n) is 2.50. The maximum Gasteiger partial charge on any atom is 0.138 e. The first kappa shape index (κ1) is 11.5. The van der Waals surface area contributed by atoms with Gasteiger partial charge in [0.15, 0.2) is 0 Å². The van der Waals surface area contributed by atoms with Gasteiger partial charge in [-0.15, -0.1) is 0 Å². The van der Waals surface area contributed by atoms with E-state index < -0.39 is 0 Å². The minimum atomic E-state index is 0.444. The van der Waals surface area contributed by atoms with Crippen molar-refractivity contribution in [3.8, 4) is 5.75 Å². The van der Waals surface area contributed by atoms with Crippen LogP contribution in [-0.4, -0.2) is 9.97 Å². The summed E-state index contributed by atoms with van der Waals surface area (Å²) < 4.78 is 5.61. The molecule has 0 bridgehead atoms. The molecule has 0 unspecified atom stereocenters. The highest BCUT2D eigenvalue weighted by atomic mass is 16.5. The van der Waals surface area contributed by atoms with E-state index in [4.69, 9.17) is 10.5 Å². The molecule has 2 aromatic rings. The fraction of sp³-hybridized carbons (Fsp3) is 0.231. The van der Waals surface area contributed by atoms with Crippen LogP contribution in [0.3, 0.4) is 0 Å². The zero-order valence-corrected chi connectivity index (χ0v) is 9.76. The van der Waals surface area contributed by atoms with E-state index >= 15 is 0 Å². The molecule has 4 nitrogen and oxygen atoms in total. The van der Waals surface area contributed by atoms with Crippen molar-refractivity contribution in [2.24, 2.45) is 5.73 Å². The van der Waals surface area contributed by atoms with Crippen LogP contribution in [0.4, 0.5) is 0 Å². The van der Waals surface area contributed by atoms with Crippen LogP contribution in [0.15, 0.2) is 36.7 Å². The normalized spacial score (nSPS) is 10.2. The minimum absolute atomic E-state index is 0.444. The molecular formula is C13H15N3O. The Kier molecular flexibility index (Phi) is 3.67. The van der Waals surface area contributed by atoms with Gasteiger partial charge in [-0.1, -0.05) is 6.07 Å². The molecule has 0 fully saturated rings. The molecule has 2 rings (SSSR count). The quantitative estimate of drug-likeness (QED) is 0.868. The average Bonchev–Trinajstić information content (AvgIpc) is 2.38. The SMILES string of the molecule is Cc1cccnc1COc1ccc(CN)nc1. The third-order valence-corrected chi connectivity index (χ3v) is 2.50. The predicted molar refractivity (Wildman–Crippen MR) is 65.4 cm³/mol. The molecule has 0 atom stereocenters. The summed E-state index contributed by atoms with van der Waals surface area (Å²) in [6.07, 6.45) is 3.45. The summed E-state index contributed by atoms with van der Waals surface area (Å²) >= 11 is 0. The molecule has 2 heterocycles. The van der Waals surface area contributed by atoms with Crippen molar-refractivity contribution in [1.29, 1.82) is 0 Å². The second-order valence-electron chi connectivity index (χ2n) is 3.75. The van der Waals surface area contributed by atoms with Crippen LogP contribution in [0.1, 0.15) is 17.0 Å². The summed E-state index contributed by atoms with van der Waals surface area (Å²) in [6.45, 7) is 2.91. The number of hydrogen-bond acceptors (Lipinski definition) is 4. The molecule has 0 spiro atoms. The summed E-state index contributed by atoms with van der Waals surface area (Å²) in [7, 11) is 0. The zero-order chi connectivity index (χ0) is 12.1. The third kappa shape index (κ3) is 3.01. The number of aromatic nitrogens is 2. The Morgan fingerprint density at radius 2 is 2.12 bits per heavy atom. The Balaban J connectivity index is 2.00. The van der Waals surface area contributed by atoms with Crippen LogP contribution in [-0.2, 0) is 13.2 Å². The van der Waals surface area contributed by atoms with Crippen molar-refractivity contribution in [3.05, 3.63) is 53.6 Å². The lowest BCUT2D eigenvalue weighted by Gasteiger charge is -2.07. The van der Waals surface area contributed by atoms with Crippen molar-refractivity contribution in [3.63, 3.8) is 0 Å². The second kappa shape index (κ2) is 5.41. The molecule has 0 aliphatic heterocycles. The number of rotatable bonds is 4. The van der Waals surface area contributed by atoms with Gasteiger partial charge in [-0.05, 0) is 30.7 Å². The predicted octanol–water partition coefficient (Wildman–Crippen LogP) is 1.82. The number of nitrogens with two attached hydrogens (primary N) is 1. The number of aryl methyl sites for hydroxylation is 1. The van der Waals surface area contributed by atoms with E-state index in [0.29, 0.717) is 13.2 Å². The molecule has 0 radical (unpaired) electrons. The molecule has 88 valence electrons. The molecule has 0 aliphatic rings. The molecule has 0 aliphatic carbocycles. The number of nitrogens with zero attached hydrogens (tertiary/aromatic N) is 2. The number of pyridine rings is 2. The van der Waals surface area contributed by atoms with Crippen molar-refractivity contribution < 1.29 is 4.74 Å². The van der Waals surface area contributed by atoms with Crippen molar-refractivity contribution in [2.75, 3.05) is 0 Å². The summed E-state index contributed by atoms with van der Waals surface area (Å²) in [6, 6.07) is 7.66. The molecule has 0 aromatic carbocycles. The largest absolute Gasteiger partial charge is 0.486 e. The summed E-state index contributed by atoms with van der Waals surface area (Å²) in [5.74, 6) is 0.729. The standard InChI is InChI=1S/C13H15N3O/c1-10-3-2-6-15-13(10)9-17-12-5-4-11(7-14)16-8-12/h2-6,8H,7,9,14H2,1H3. The van der Waals surface area contributed by atoms with E-state index in [1.54, 1.807) is 12.4 Å². The van der Waals surface area contributed by atoms with Crippen molar-refractivity contribution in [1.82, 2.24) is 9.97 Å². The number of ether oxygens (including phenoxy) is 1. The Hall–Kier alpha value is -1.94. The van der Waals surface area contributed by atoms with Gasteiger partial charge in [-0.25, -0.2) is 0 Å². The van der Waals surface area contributed by atoms with Crippen LogP contribution in [0, 0.1) is 6.92 Å². The highest BCUT2D eigenvalue weighted by Gasteiger charge is 2.00. The minimum Gasteiger partial charge on any atom is -0.486 e. The number of hydrogen-bond donors (Lipinski definition) is 1. The lowest BCUT2D eigenvalue weighted by atomic mass is 10.2. The summed E-state index contributed by atoms with van der Waals surface area (Å²) in [5.41, 5.74) is 8.39. The van der Waals surface area contributed by atoms with E-state index in [1.807, 2.05) is 31.2 Å². The summed E-state index contributed by atoms with van der Waals surface area (Å²) in [4.78, 5) is 8.42. The highest BCUT2D eigenvalue weighted by molar-refractivity contribution is 5.21. The zero-order valence-electron chi connectivity index (χ0n) is 9.76.